The van der Waals surface area contributed by atoms with Crippen LogP contribution < -0.4 is 5.32 Å². The van der Waals surface area contributed by atoms with Crippen LogP contribution in [0.15, 0.2) is 18.3 Å². The van der Waals surface area contributed by atoms with Crippen LogP contribution in [0.1, 0.15) is 24.7 Å². The summed E-state index contributed by atoms with van der Waals surface area (Å²) in [6.07, 6.45) is 3.12. The standard InChI is InChI=1S/C12H19N5/c1-4-6-17-7-5-11(14-17)9-13-12-8-10(2)16(3)15-12/h5,7-8H,4,6,9H2,1-3H3,(H,13,15). The second-order valence-electron chi connectivity index (χ2n) is 4.22. The predicted octanol–water partition coefficient (Wildman–Crippen LogP) is 1.95. The minimum absolute atomic E-state index is 0.715. The molecule has 0 aliphatic rings. The Morgan fingerprint density at radius 2 is 2.18 bits per heavy atom. The van der Waals surface area contributed by atoms with Crippen molar-refractivity contribution in [2.75, 3.05) is 5.32 Å². The minimum atomic E-state index is 0.715. The van der Waals surface area contributed by atoms with Gasteiger partial charge in [0.25, 0.3) is 0 Å². The Hall–Kier alpha value is -1.78. The van der Waals surface area contributed by atoms with Crippen molar-refractivity contribution in [1.29, 1.82) is 0 Å². The summed E-state index contributed by atoms with van der Waals surface area (Å²) in [5.41, 5.74) is 2.19. The second-order valence-corrected chi connectivity index (χ2v) is 4.22. The summed E-state index contributed by atoms with van der Waals surface area (Å²) in [5, 5.41) is 12.1. The molecule has 5 nitrogen and oxygen atoms in total. The third kappa shape index (κ3) is 2.87. The molecule has 0 aliphatic heterocycles. The van der Waals surface area contributed by atoms with Crippen molar-refractivity contribution in [2.45, 2.75) is 33.4 Å². The molecule has 0 aliphatic carbocycles. The Balaban J connectivity index is 1.92. The zero-order chi connectivity index (χ0) is 12.3. The minimum Gasteiger partial charge on any atom is -0.363 e. The molecule has 0 saturated heterocycles. The molecule has 2 aromatic heterocycles. The van der Waals surface area contributed by atoms with Crippen molar-refractivity contribution in [2.24, 2.45) is 7.05 Å². The molecule has 0 saturated carbocycles. The molecule has 92 valence electrons. The molecule has 0 radical (unpaired) electrons. The average Bonchev–Trinajstić information content (AvgIpc) is 2.85. The van der Waals surface area contributed by atoms with Crippen molar-refractivity contribution in [3.05, 3.63) is 29.7 Å². The van der Waals surface area contributed by atoms with Crippen LogP contribution >= 0.6 is 0 Å². The number of hydrogen-bond donors (Lipinski definition) is 1. The summed E-state index contributed by atoms with van der Waals surface area (Å²) >= 11 is 0. The molecule has 0 bridgehead atoms. The zero-order valence-corrected chi connectivity index (χ0v) is 10.6. The Morgan fingerprint density at radius 1 is 1.35 bits per heavy atom. The van der Waals surface area contributed by atoms with Crippen LogP contribution in [0.4, 0.5) is 5.82 Å². The van der Waals surface area contributed by atoms with Gasteiger partial charge in [0, 0.05) is 31.5 Å². The number of anilines is 1. The molecular weight excluding hydrogens is 214 g/mol. The highest BCUT2D eigenvalue weighted by molar-refractivity contribution is 5.35. The molecule has 0 atom stereocenters. The van der Waals surface area contributed by atoms with Crippen LogP contribution in [-0.4, -0.2) is 19.6 Å². The van der Waals surface area contributed by atoms with E-state index in [2.05, 4.69) is 22.4 Å². The fourth-order valence-electron chi connectivity index (χ4n) is 1.68. The Morgan fingerprint density at radius 3 is 2.82 bits per heavy atom. The van der Waals surface area contributed by atoms with Crippen molar-refractivity contribution in [3.63, 3.8) is 0 Å². The van der Waals surface area contributed by atoms with Crippen LogP contribution in [0.3, 0.4) is 0 Å². The molecule has 0 unspecified atom stereocenters. The van der Waals surface area contributed by atoms with E-state index < -0.39 is 0 Å². The van der Waals surface area contributed by atoms with E-state index in [1.54, 1.807) is 0 Å². The average molecular weight is 233 g/mol. The molecule has 0 spiro atoms. The molecule has 2 heterocycles. The number of aryl methyl sites for hydroxylation is 3. The van der Waals surface area contributed by atoms with Gasteiger partial charge >= 0.3 is 0 Å². The molecule has 1 N–H and O–H groups in total. The molecule has 2 rings (SSSR count). The van der Waals surface area contributed by atoms with Crippen LogP contribution in [-0.2, 0) is 20.1 Å². The zero-order valence-electron chi connectivity index (χ0n) is 10.6. The summed E-state index contributed by atoms with van der Waals surface area (Å²) in [7, 11) is 1.94. The molecule has 5 heteroatoms. The van der Waals surface area contributed by atoms with Crippen LogP contribution in [0.5, 0.6) is 0 Å². The molecule has 0 amide bonds. The first-order chi connectivity index (χ1) is 8.19. The van der Waals surface area contributed by atoms with Crippen LogP contribution in [0.2, 0.25) is 0 Å². The maximum Gasteiger partial charge on any atom is 0.148 e. The fourth-order valence-corrected chi connectivity index (χ4v) is 1.68. The highest BCUT2D eigenvalue weighted by atomic mass is 15.3. The molecular formula is C12H19N5. The van der Waals surface area contributed by atoms with Gasteiger partial charge in [0.15, 0.2) is 0 Å². The lowest BCUT2D eigenvalue weighted by Crippen LogP contribution is -2.03. The normalized spacial score (nSPS) is 10.8. The molecule has 17 heavy (non-hydrogen) atoms. The fraction of sp³-hybridized carbons (Fsp3) is 0.500. The predicted molar refractivity (Wildman–Crippen MR) is 67.8 cm³/mol. The molecule has 2 aromatic rings. The lowest BCUT2D eigenvalue weighted by molar-refractivity contribution is 0.595. The largest absolute Gasteiger partial charge is 0.363 e. The van der Waals surface area contributed by atoms with E-state index in [-0.39, 0.29) is 0 Å². The summed E-state index contributed by atoms with van der Waals surface area (Å²) in [5.74, 6) is 0.898. The summed E-state index contributed by atoms with van der Waals surface area (Å²) in [6.45, 7) is 5.88. The first-order valence-corrected chi connectivity index (χ1v) is 5.96. The summed E-state index contributed by atoms with van der Waals surface area (Å²) in [6, 6.07) is 4.07. The van der Waals surface area contributed by atoms with Gasteiger partial charge in [-0.1, -0.05) is 6.92 Å². The monoisotopic (exact) mass is 233 g/mol. The number of hydrogen-bond acceptors (Lipinski definition) is 3. The highest BCUT2D eigenvalue weighted by Gasteiger charge is 2.02. The Bertz CT molecular complexity index is 463. The lowest BCUT2D eigenvalue weighted by atomic mass is 10.4. The Labute approximate surface area is 101 Å². The van der Waals surface area contributed by atoms with Gasteiger partial charge in [-0.05, 0) is 19.4 Å². The van der Waals surface area contributed by atoms with Crippen molar-refractivity contribution in [3.8, 4) is 0 Å². The van der Waals surface area contributed by atoms with Gasteiger partial charge in [0.05, 0.1) is 12.2 Å². The number of aromatic nitrogens is 4. The number of nitrogens with zero attached hydrogens (tertiary/aromatic N) is 4. The van der Waals surface area contributed by atoms with E-state index in [0.717, 1.165) is 30.2 Å². The molecule has 0 aromatic carbocycles. The maximum absolute atomic E-state index is 4.46. The number of nitrogens with one attached hydrogen (secondary N) is 1. The van der Waals surface area contributed by atoms with Gasteiger partial charge < -0.3 is 5.32 Å². The highest BCUT2D eigenvalue weighted by Crippen LogP contribution is 2.08. The number of rotatable bonds is 5. The lowest BCUT2D eigenvalue weighted by Gasteiger charge is -1.99. The van der Waals surface area contributed by atoms with E-state index in [4.69, 9.17) is 0 Å². The van der Waals surface area contributed by atoms with E-state index in [0.29, 0.717) is 6.54 Å². The van der Waals surface area contributed by atoms with E-state index in [9.17, 15) is 0 Å². The van der Waals surface area contributed by atoms with Gasteiger partial charge in [0.1, 0.15) is 5.82 Å². The molecule has 0 fully saturated rings. The third-order valence-electron chi connectivity index (χ3n) is 2.71. The smallest absolute Gasteiger partial charge is 0.148 e. The van der Waals surface area contributed by atoms with Gasteiger partial charge in [-0.15, -0.1) is 0 Å². The van der Waals surface area contributed by atoms with E-state index in [1.807, 2.05) is 41.7 Å². The SMILES string of the molecule is CCCn1ccc(CNc2cc(C)n(C)n2)n1. The van der Waals surface area contributed by atoms with Crippen LogP contribution in [0.25, 0.3) is 0 Å². The first-order valence-electron chi connectivity index (χ1n) is 5.96. The van der Waals surface area contributed by atoms with Crippen molar-refractivity contribution in [1.82, 2.24) is 19.6 Å². The van der Waals surface area contributed by atoms with Crippen LogP contribution in [0, 0.1) is 6.92 Å². The maximum atomic E-state index is 4.46. The first kappa shape index (κ1) is 11.7. The summed E-state index contributed by atoms with van der Waals surface area (Å²) < 4.78 is 3.83. The van der Waals surface area contributed by atoms with Gasteiger partial charge in [-0.25, -0.2) is 0 Å². The van der Waals surface area contributed by atoms with Gasteiger partial charge in [-0.2, -0.15) is 10.2 Å². The Kier molecular flexibility index (Phi) is 3.46. The van der Waals surface area contributed by atoms with E-state index >= 15 is 0 Å². The summed E-state index contributed by atoms with van der Waals surface area (Å²) in [4.78, 5) is 0. The van der Waals surface area contributed by atoms with Crippen molar-refractivity contribution >= 4 is 5.82 Å². The van der Waals surface area contributed by atoms with Crippen molar-refractivity contribution < 1.29 is 0 Å². The third-order valence-corrected chi connectivity index (χ3v) is 2.71. The topological polar surface area (TPSA) is 47.7 Å². The van der Waals surface area contributed by atoms with E-state index in [1.165, 1.54) is 0 Å². The quantitative estimate of drug-likeness (QED) is 0.858. The van der Waals surface area contributed by atoms with Gasteiger partial charge in [0.2, 0.25) is 0 Å². The van der Waals surface area contributed by atoms with Gasteiger partial charge in [-0.3, -0.25) is 9.36 Å². The second kappa shape index (κ2) is 5.03.